The average Bonchev–Trinajstić information content (AvgIpc) is 3.01. The standard InChI is InChI=1S/C17H18N6O3/c1-10-6-5-7-12(8-10)23-15-13(19-20-23)16(25)22(9-18-15)14(11(2)24)17(26)21(3)4/h5-9,14H,1-4H3/t14-/m1/s1. The number of carbonyl (C=O) groups excluding carboxylic acids is 2. The molecule has 0 aliphatic heterocycles. The molecule has 1 amide bonds. The van der Waals surface area contributed by atoms with Gasteiger partial charge in [0, 0.05) is 14.1 Å². The van der Waals surface area contributed by atoms with Crippen LogP contribution in [-0.4, -0.2) is 55.2 Å². The van der Waals surface area contributed by atoms with Crippen molar-refractivity contribution < 1.29 is 9.59 Å². The fraction of sp³-hybridized carbons (Fsp3) is 0.294. The van der Waals surface area contributed by atoms with Gasteiger partial charge >= 0.3 is 0 Å². The average molecular weight is 354 g/mol. The van der Waals surface area contributed by atoms with Crippen LogP contribution in [0.3, 0.4) is 0 Å². The highest BCUT2D eigenvalue weighted by Gasteiger charge is 2.29. The molecule has 0 unspecified atom stereocenters. The van der Waals surface area contributed by atoms with Crippen LogP contribution in [0.15, 0.2) is 35.4 Å². The van der Waals surface area contributed by atoms with E-state index in [1.54, 1.807) is 0 Å². The highest BCUT2D eigenvalue weighted by Crippen LogP contribution is 2.15. The monoisotopic (exact) mass is 354 g/mol. The lowest BCUT2D eigenvalue weighted by Crippen LogP contribution is -2.40. The minimum Gasteiger partial charge on any atom is -0.347 e. The van der Waals surface area contributed by atoms with Gasteiger partial charge in [-0.25, -0.2) is 4.98 Å². The molecule has 9 heteroatoms. The highest BCUT2D eigenvalue weighted by atomic mass is 16.2. The molecule has 0 fully saturated rings. The summed E-state index contributed by atoms with van der Waals surface area (Å²) in [6.07, 6.45) is 1.19. The molecule has 9 nitrogen and oxygen atoms in total. The number of hydrogen-bond donors (Lipinski definition) is 0. The SMILES string of the molecule is CC(=O)[C@H](C(=O)N(C)C)n1cnc2c(nnn2-c2cccc(C)c2)c1=O. The van der Waals surface area contributed by atoms with Crippen LogP contribution in [0.4, 0.5) is 0 Å². The van der Waals surface area contributed by atoms with Crippen molar-refractivity contribution in [2.24, 2.45) is 0 Å². The first-order valence-corrected chi connectivity index (χ1v) is 7.92. The Bertz CT molecular complexity index is 1070. The summed E-state index contributed by atoms with van der Waals surface area (Å²) in [5, 5.41) is 7.92. The number of likely N-dealkylation sites (N-methyl/N-ethyl adjacent to an activating group) is 1. The van der Waals surface area contributed by atoms with Crippen LogP contribution in [0.25, 0.3) is 16.9 Å². The van der Waals surface area contributed by atoms with Crippen molar-refractivity contribution in [2.75, 3.05) is 14.1 Å². The minimum atomic E-state index is -1.28. The summed E-state index contributed by atoms with van der Waals surface area (Å²) in [5.74, 6) is -0.968. The number of rotatable bonds is 4. The largest absolute Gasteiger partial charge is 0.347 e. The quantitative estimate of drug-likeness (QED) is 0.632. The van der Waals surface area contributed by atoms with Crippen LogP contribution in [0.2, 0.25) is 0 Å². The first kappa shape index (κ1) is 17.5. The van der Waals surface area contributed by atoms with Crippen LogP contribution >= 0.6 is 0 Å². The number of benzene rings is 1. The third-order valence-electron chi connectivity index (χ3n) is 3.97. The molecule has 0 N–H and O–H groups in total. The second-order valence-corrected chi connectivity index (χ2v) is 6.22. The lowest BCUT2D eigenvalue weighted by atomic mass is 10.2. The van der Waals surface area contributed by atoms with Gasteiger partial charge in [0.2, 0.25) is 0 Å². The molecule has 0 radical (unpaired) electrons. The Balaban J connectivity index is 2.18. The molecule has 3 rings (SSSR count). The Hall–Kier alpha value is -3.36. The Morgan fingerprint density at radius 1 is 1.23 bits per heavy atom. The van der Waals surface area contributed by atoms with Crippen LogP contribution < -0.4 is 5.56 Å². The van der Waals surface area contributed by atoms with Gasteiger partial charge in [0.25, 0.3) is 11.5 Å². The van der Waals surface area contributed by atoms with Gasteiger partial charge in [0.15, 0.2) is 23.0 Å². The number of amides is 1. The predicted octanol–water partition coefficient (Wildman–Crippen LogP) is 0.504. The molecule has 0 saturated carbocycles. The molecule has 0 spiro atoms. The van der Waals surface area contributed by atoms with Crippen molar-refractivity contribution in [1.29, 1.82) is 0 Å². The zero-order valence-electron chi connectivity index (χ0n) is 14.9. The van der Waals surface area contributed by atoms with Gasteiger partial charge in [-0.3, -0.25) is 19.0 Å². The highest BCUT2D eigenvalue weighted by molar-refractivity contribution is 6.02. The van der Waals surface area contributed by atoms with Crippen molar-refractivity contribution >= 4 is 22.9 Å². The summed E-state index contributed by atoms with van der Waals surface area (Å²) in [6.45, 7) is 3.19. The molecule has 1 aromatic carbocycles. The molecular formula is C17H18N6O3. The van der Waals surface area contributed by atoms with E-state index in [0.717, 1.165) is 10.1 Å². The fourth-order valence-electron chi connectivity index (χ4n) is 2.67. The summed E-state index contributed by atoms with van der Waals surface area (Å²) in [4.78, 5) is 42.6. The number of ketones is 1. The Morgan fingerprint density at radius 3 is 2.58 bits per heavy atom. The molecule has 0 aliphatic carbocycles. The van der Waals surface area contributed by atoms with Gasteiger partial charge in [-0.05, 0) is 31.5 Å². The van der Waals surface area contributed by atoms with Gasteiger partial charge in [-0.2, -0.15) is 4.68 Å². The molecule has 26 heavy (non-hydrogen) atoms. The fourth-order valence-corrected chi connectivity index (χ4v) is 2.67. The van der Waals surface area contributed by atoms with E-state index in [2.05, 4.69) is 15.3 Å². The van der Waals surface area contributed by atoms with E-state index in [-0.39, 0.29) is 11.2 Å². The van der Waals surface area contributed by atoms with Gasteiger partial charge in [-0.15, -0.1) is 5.10 Å². The van der Waals surface area contributed by atoms with Crippen LogP contribution in [0, 0.1) is 6.92 Å². The van der Waals surface area contributed by atoms with Crippen molar-refractivity contribution in [1.82, 2.24) is 29.4 Å². The van der Waals surface area contributed by atoms with Crippen LogP contribution in [0.1, 0.15) is 18.5 Å². The van der Waals surface area contributed by atoms with E-state index in [4.69, 9.17) is 0 Å². The maximum Gasteiger partial charge on any atom is 0.284 e. The van der Waals surface area contributed by atoms with Gasteiger partial charge in [-0.1, -0.05) is 17.3 Å². The van der Waals surface area contributed by atoms with E-state index >= 15 is 0 Å². The molecule has 134 valence electrons. The van der Waals surface area contributed by atoms with Gasteiger partial charge in [0.05, 0.1) is 5.69 Å². The van der Waals surface area contributed by atoms with Crippen molar-refractivity contribution in [3.63, 3.8) is 0 Å². The number of hydrogen-bond acceptors (Lipinski definition) is 6. The van der Waals surface area contributed by atoms with Crippen molar-refractivity contribution in [3.8, 4) is 5.69 Å². The van der Waals surface area contributed by atoms with Crippen LogP contribution in [0.5, 0.6) is 0 Å². The van der Waals surface area contributed by atoms with E-state index in [0.29, 0.717) is 5.69 Å². The summed E-state index contributed by atoms with van der Waals surface area (Å²) in [7, 11) is 3.03. The topological polar surface area (TPSA) is 103 Å². The molecule has 3 aromatic rings. The zero-order chi connectivity index (χ0) is 19.0. The van der Waals surface area contributed by atoms with E-state index in [9.17, 15) is 14.4 Å². The maximum atomic E-state index is 12.8. The van der Waals surface area contributed by atoms with Gasteiger partial charge in [0.1, 0.15) is 6.33 Å². The summed E-state index contributed by atoms with van der Waals surface area (Å²) in [5.41, 5.74) is 1.39. The first-order valence-electron chi connectivity index (χ1n) is 7.92. The van der Waals surface area contributed by atoms with Crippen LogP contribution in [-0.2, 0) is 9.59 Å². The minimum absolute atomic E-state index is 0.00758. The summed E-state index contributed by atoms with van der Waals surface area (Å²) in [6, 6.07) is 6.23. The molecule has 2 heterocycles. The zero-order valence-corrected chi connectivity index (χ0v) is 14.9. The summed E-state index contributed by atoms with van der Waals surface area (Å²) < 4.78 is 2.45. The summed E-state index contributed by atoms with van der Waals surface area (Å²) >= 11 is 0. The lowest BCUT2D eigenvalue weighted by Gasteiger charge is -2.19. The van der Waals surface area contributed by atoms with E-state index in [1.165, 1.54) is 36.9 Å². The molecule has 0 bridgehead atoms. The number of fused-ring (bicyclic) bond motifs is 1. The molecule has 0 aliphatic rings. The molecular weight excluding hydrogens is 336 g/mol. The first-order chi connectivity index (χ1) is 12.3. The van der Waals surface area contributed by atoms with E-state index < -0.39 is 23.3 Å². The molecule has 0 saturated heterocycles. The number of aryl methyl sites for hydroxylation is 1. The third kappa shape index (κ3) is 2.87. The molecule has 1 atom stereocenters. The lowest BCUT2D eigenvalue weighted by molar-refractivity contribution is -0.137. The second kappa shape index (κ2) is 6.51. The Labute approximate surface area is 148 Å². The number of Topliss-reactive ketones (excluding diaryl/α,β-unsaturated/α-hetero) is 1. The normalized spacial score (nSPS) is 12.2. The molecule has 2 aromatic heterocycles. The second-order valence-electron chi connectivity index (χ2n) is 6.22. The van der Waals surface area contributed by atoms with E-state index in [1.807, 2.05) is 31.2 Å². The Kier molecular flexibility index (Phi) is 4.37. The number of nitrogens with zero attached hydrogens (tertiary/aromatic N) is 6. The van der Waals surface area contributed by atoms with Crippen molar-refractivity contribution in [2.45, 2.75) is 19.9 Å². The Morgan fingerprint density at radius 2 is 1.96 bits per heavy atom. The van der Waals surface area contributed by atoms with Crippen molar-refractivity contribution in [3.05, 3.63) is 46.5 Å². The predicted molar refractivity (Wildman–Crippen MR) is 94.1 cm³/mol. The number of aromatic nitrogens is 5. The number of carbonyl (C=O) groups is 2. The smallest absolute Gasteiger partial charge is 0.284 e. The maximum absolute atomic E-state index is 12.8. The van der Waals surface area contributed by atoms with Gasteiger partial charge < -0.3 is 4.90 Å². The third-order valence-corrected chi connectivity index (χ3v) is 3.97.